The van der Waals surface area contributed by atoms with Gasteiger partial charge < -0.3 is 10.6 Å². The van der Waals surface area contributed by atoms with Gasteiger partial charge in [0.05, 0.1) is 11.3 Å². The van der Waals surface area contributed by atoms with Crippen LogP contribution in [0.4, 0.5) is 0 Å². The fourth-order valence-electron chi connectivity index (χ4n) is 3.10. The van der Waals surface area contributed by atoms with Gasteiger partial charge >= 0.3 is 0 Å². The van der Waals surface area contributed by atoms with Crippen LogP contribution in [0, 0.1) is 13.8 Å². The van der Waals surface area contributed by atoms with E-state index in [4.69, 9.17) is 5.10 Å². The molecule has 1 unspecified atom stereocenters. The average Bonchev–Trinajstić information content (AvgIpc) is 3.20. The highest BCUT2D eigenvalue weighted by atomic mass is 16.2. The van der Waals surface area contributed by atoms with Crippen LogP contribution in [0.1, 0.15) is 41.8 Å². The number of para-hydroxylation sites is 1. The Morgan fingerprint density at radius 2 is 1.80 bits per heavy atom. The highest BCUT2D eigenvalue weighted by molar-refractivity contribution is 6.02. The molecular formula is C24H28N4O2. The summed E-state index contributed by atoms with van der Waals surface area (Å²) in [5.41, 5.74) is 5.03. The largest absolute Gasteiger partial charge is 0.354 e. The van der Waals surface area contributed by atoms with E-state index in [1.807, 2.05) is 69.3 Å². The standard InChI is InChI=1S/C24H28N4O2/c1-5-13-25-23(29)18(4)26-24(30)21-15-28(20-9-7-6-8-10-20)27-22(21)19-12-11-16(2)17(3)14-19/h6-12,14-15,18H,5,13H2,1-4H3,(H,25,29)(H,26,30). The number of amides is 2. The van der Waals surface area contributed by atoms with Gasteiger partial charge in [-0.2, -0.15) is 5.10 Å². The van der Waals surface area contributed by atoms with E-state index in [-0.39, 0.29) is 11.8 Å². The minimum Gasteiger partial charge on any atom is -0.354 e. The molecule has 1 atom stereocenters. The first-order valence-corrected chi connectivity index (χ1v) is 10.2. The minimum absolute atomic E-state index is 0.201. The zero-order chi connectivity index (χ0) is 21.7. The van der Waals surface area contributed by atoms with Gasteiger partial charge in [0.15, 0.2) is 0 Å². The maximum absolute atomic E-state index is 13.1. The van der Waals surface area contributed by atoms with Crippen LogP contribution >= 0.6 is 0 Å². The van der Waals surface area contributed by atoms with Crippen LogP contribution < -0.4 is 10.6 Å². The maximum atomic E-state index is 13.1. The normalized spacial score (nSPS) is 11.7. The van der Waals surface area contributed by atoms with Crippen molar-refractivity contribution < 1.29 is 9.59 Å². The van der Waals surface area contributed by atoms with Crippen molar-refractivity contribution in [1.82, 2.24) is 20.4 Å². The molecule has 2 amide bonds. The van der Waals surface area contributed by atoms with Gasteiger partial charge in [-0.1, -0.05) is 37.3 Å². The summed E-state index contributed by atoms with van der Waals surface area (Å²) < 4.78 is 1.70. The molecule has 0 saturated heterocycles. The molecule has 1 heterocycles. The lowest BCUT2D eigenvalue weighted by Gasteiger charge is -2.14. The van der Waals surface area contributed by atoms with Gasteiger partial charge in [0, 0.05) is 18.3 Å². The van der Waals surface area contributed by atoms with Crippen molar-refractivity contribution in [1.29, 1.82) is 0 Å². The van der Waals surface area contributed by atoms with Crippen molar-refractivity contribution in [2.45, 2.75) is 40.2 Å². The van der Waals surface area contributed by atoms with Crippen molar-refractivity contribution >= 4 is 11.8 Å². The van der Waals surface area contributed by atoms with E-state index in [1.54, 1.807) is 17.8 Å². The average molecular weight is 405 g/mol. The molecule has 3 aromatic rings. The Bertz CT molecular complexity index is 1040. The Kier molecular flexibility index (Phi) is 6.67. The van der Waals surface area contributed by atoms with Crippen LogP contribution in [0.5, 0.6) is 0 Å². The van der Waals surface area contributed by atoms with E-state index in [2.05, 4.69) is 10.6 Å². The second-order valence-electron chi connectivity index (χ2n) is 7.46. The van der Waals surface area contributed by atoms with Gasteiger partial charge in [-0.3, -0.25) is 9.59 Å². The Balaban J connectivity index is 1.97. The lowest BCUT2D eigenvalue weighted by atomic mass is 10.0. The van der Waals surface area contributed by atoms with Gasteiger partial charge in [0.2, 0.25) is 5.91 Å². The molecule has 0 aliphatic heterocycles. The molecular weight excluding hydrogens is 376 g/mol. The van der Waals surface area contributed by atoms with Crippen LogP contribution in [0.2, 0.25) is 0 Å². The smallest absolute Gasteiger partial charge is 0.255 e. The molecule has 0 fully saturated rings. The Hall–Kier alpha value is -3.41. The first-order chi connectivity index (χ1) is 14.4. The van der Waals surface area contributed by atoms with Gasteiger partial charge in [0.25, 0.3) is 5.91 Å². The van der Waals surface area contributed by atoms with E-state index < -0.39 is 6.04 Å². The third-order valence-electron chi connectivity index (χ3n) is 5.05. The first-order valence-electron chi connectivity index (χ1n) is 10.2. The topological polar surface area (TPSA) is 76.0 Å². The minimum atomic E-state index is -0.642. The Labute approximate surface area is 177 Å². The summed E-state index contributed by atoms with van der Waals surface area (Å²) in [6.07, 6.45) is 2.55. The third-order valence-corrected chi connectivity index (χ3v) is 5.05. The summed E-state index contributed by atoms with van der Waals surface area (Å²) in [5, 5.41) is 10.3. The molecule has 0 spiro atoms. The molecule has 2 N–H and O–H groups in total. The number of carbonyl (C=O) groups excluding carboxylic acids is 2. The molecule has 30 heavy (non-hydrogen) atoms. The van der Waals surface area contributed by atoms with E-state index >= 15 is 0 Å². The van der Waals surface area contributed by atoms with Gasteiger partial charge in [0.1, 0.15) is 11.7 Å². The molecule has 0 aliphatic rings. The van der Waals surface area contributed by atoms with Crippen molar-refractivity contribution in [2.24, 2.45) is 0 Å². The van der Waals surface area contributed by atoms with Crippen molar-refractivity contribution in [3.63, 3.8) is 0 Å². The quantitative estimate of drug-likeness (QED) is 0.629. The molecule has 0 saturated carbocycles. The zero-order valence-electron chi connectivity index (χ0n) is 17.9. The van der Waals surface area contributed by atoms with Crippen molar-refractivity contribution in [3.8, 4) is 16.9 Å². The third kappa shape index (κ3) is 4.76. The number of rotatable bonds is 7. The summed E-state index contributed by atoms with van der Waals surface area (Å²) in [4.78, 5) is 25.3. The number of hydrogen-bond donors (Lipinski definition) is 2. The first kappa shape index (κ1) is 21.3. The van der Waals surface area contributed by atoms with Crippen LogP contribution in [0.15, 0.2) is 54.7 Å². The Morgan fingerprint density at radius 1 is 1.07 bits per heavy atom. The molecule has 0 bridgehead atoms. The van der Waals surface area contributed by atoms with E-state index in [0.29, 0.717) is 17.8 Å². The summed E-state index contributed by atoms with van der Waals surface area (Å²) in [6.45, 7) is 8.33. The molecule has 2 aromatic carbocycles. The second-order valence-corrected chi connectivity index (χ2v) is 7.46. The van der Waals surface area contributed by atoms with Gasteiger partial charge in [-0.15, -0.1) is 0 Å². The molecule has 0 aliphatic carbocycles. The van der Waals surface area contributed by atoms with Crippen molar-refractivity contribution in [3.05, 3.63) is 71.4 Å². The van der Waals surface area contributed by atoms with Crippen LogP contribution in [0.25, 0.3) is 16.9 Å². The second kappa shape index (κ2) is 9.39. The molecule has 6 heteroatoms. The van der Waals surface area contributed by atoms with Crippen molar-refractivity contribution in [2.75, 3.05) is 6.54 Å². The molecule has 0 radical (unpaired) electrons. The predicted octanol–water partition coefficient (Wildman–Crippen LogP) is 3.80. The number of nitrogens with one attached hydrogen (secondary N) is 2. The van der Waals surface area contributed by atoms with Crippen LogP contribution in [0.3, 0.4) is 0 Å². The SMILES string of the molecule is CCCNC(=O)C(C)NC(=O)c1cn(-c2ccccc2)nc1-c1ccc(C)c(C)c1. The zero-order valence-corrected chi connectivity index (χ0v) is 17.9. The lowest BCUT2D eigenvalue weighted by Crippen LogP contribution is -2.45. The van der Waals surface area contributed by atoms with Crippen LogP contribution in [-0.4, -0.2) is 34.2 Å². The summed E-state index contributed by atoms with van der Waals surface area (Å²) in [6, 6.07) is 15.0. The number of nitrogens with zero attached hydrogens (tertiary/aromatic N) is 2. The van der Waals surface area contributed by atoms with Crippen LogP contribution in [-0.2, 0) is 4.79 Å². The number of carbonyl (C=O) groups is 2. The maximum Gasteiger partial charge on any atom is 0.255 e. The molecule has 1 aromatic heterocycles. The predicted molar refractivity (Wildman–Crippen MR) is 119 cm³/mol. The number of aromatic nitrogens is 2. The van der Waals surface area contributed by atoms with E-state index in [9.17, 15) is 9.59 Å². The number of benzene rings is 2. The lowest BCUT2D eigenvalue weighted by molar-refractivity contribution is -0.122. The summed E-state index contributed by atoms with van der Waals surface area (Å²) in [7, 11) is 0. The Morgan fingerprint density at radius 3 is 2.47 bits per heavy atom. The fraction of sp³-hybridized carbons (Fsp3) is 0.292. The molecule has 3 rings (SSSR count). The number of hydrogen-bond acceptors (Lipinski definition) is 3. The molecule has 156 valence electrons. The van der Waals surface area contributed by atoms with E-state index in [0.717, 1.165) is 23.2 Å². The highest BCUT2D eigenvalue weighted by Gasteiger charge is 2.22. The summed E-state index contributed by atoms with van der Waals surface area (Å²) in [5.74, 6) is -0.530. The highest BCUT2D eigenvalue weighted by Crippen LogP contribution is 2.26. The van der Waals surface area contributed by atoms with Gasteiger partial charge in [-0.25, -0.2) is 4.68 Å². The fourth-order valence-corrected chi connectivity index (χ4v) is 3.10. The number of aryl methyl sites for hydroxylation is 2. The summed E-state index contributed by atoms with van der Waals surface area (Å²) >= 11 is 0. The monoisotopic (exact) mass is 404 g/mol. The molecule has 6 nitrogen and oxygen atoms in total. The van der Waals surface area contributed by atoms with Gasteiger partial charge in [-0.05, 0) is 56.5 Å². The van der Waals surface area contributed by atoms with E-state index in [1.165, 1.54) is 5.56 Å².